The zero-order valence-electron chi connectivity index (χ0n) is 13.1. The molecule has 0 atom stereocenters. The van der Waals surface area contributed by atoms with Gasteiger partial charge in [-0.05, 0) is 42.7 Å². The SMILES string of the molecule is Cc1ccc(Oc2ccnc(NCC3CC3)n2)c2ccccc12. The molecule has 1 aliphatic rings. The summed E-state index contributed by atoms with van der Waals surface area (Å²) in [5, 5.41) is 5.57. The van der Waals surface area contributed by atoms with Crippen LogP contribution in [-0.2, 0) is 0 Å². The van der Waals surface area contributed by atoms with Gasteiger partial charge in [0.15, 0.2) is 0 Å². The Balaban J connectivity index is 1.60. The molecule has 0 saturated heterocycles. The standard InChI is InChI=1S/C19H19N3O/c1-13-6-9-17(16-5-3-2-4-15(13)16)23-18-10-11-20-19(22-18)21-12-14-7-8-14/h2-6,9-11,14H,7-8,12H2,1H3,(H,20,21,22). The fourth-order valence-electron chi connectivity index (χ4n) is 2.67. The third kappa shape index (κ3) is 3.11. The van der Waals surface area contributed by atoms with Gasteiger partial charge in [0.05, 0.1) is 0 Å². The second-order valence-corrected chi connectivity index (χ2v) is 6.07. The molecule has 1 aliphatic carbocycles. The van der Waals surface area contributed by atoms with Crippen LogP contribution in [0.2, 0.25) is 0 Å². The van der Waals surface area contributed by atoms with Crippen molar-refractivity contribution in [3.05, 3.63) is 54.2 Å². The lowest BCUT2D eigenvalue weighted by Crippen LogP contribution is -2.06. The topological polar surface area (TPSA) is 47.0 Å². The predicted octanol–water partition coefficient (Wildman–Crippen LogP) is 4.55. The Morgan fingerprint density at radius 2 is 1.91 bits per heavy atom. The fraction of sp³-hybridized carbons (Fsp3) is 0.263. The maximum absolute atomic E-state index is 6.02. The van der Waals surface area contributed by atoms with Crippen LogP contribution in [-0.4, -0.2) is 16.5 Å². The van der Waals surface area contributed by atoms with Crippen molar-refractivity contribution in [2.24, 2.45) is 5.92 Å². The van der Waals surface area contributed by atoms with Gasteiger partial charge in [-0.15, -0.1) is 0 Å². The summed E-state index contributed by atoms with van der Waals surface area (Å²) in [6.07, 6.45) is 4.34. The van der Waals surface area contributed by atoms with E-state index in [2.05, 4.69) is 40.4 Å². The van der Waals surface area contributed by atoms with Crippen molar-refractivity contribution < 1.29 is 4.74 Å². The van der Waals surface area contributed by atoms with Crippen LogP contribution in [0.15, 0.2) is 48.7 Å². The van der Waals surface area contributed by atoms with E-state index in [4.69, 9.17) is 4.74 Å². The fourth-order valence-corrected chi connectivity index (χ4v) is 2.67. The molecule has 0 radical (unpaired) electrons. The maximum atomic E-state index is 6.02. The zero-order chi connectivity index (χ0) is 15.6. The van der Waals surface area contributed by atoms with E-state index in [0.717, 1.165) is 23.6 Å². The largest absolute Gasteiger partial charge is 0.438 e. The minimum atomic E-state index is 0.562. The summed E-state index contributed by atoms with van der Waals surface area (Å²) < 4.78 is 6.02. The molecule has 1 heterocycles. The van der Waals surface area contributed by atoms with Crippen LogP contribution in [0.4, 0.5) is 5.95 Å². The van der Waals surface area contributed by atoms with Crippen LogP contribution < -0.4 is 10.1 Å². The minimum absolute atomic E-state index is 0.562. The van der Waals surface area contributed by atoms with Crippen molar-refractivity contribution in [1.82, 2.24) is 9.97 Å². The normalized spacial score (nSPS) is 14.0. The van der Waals surface area contributed by atoms with E-state index in [9.17, 15) is 0 Å². The molecule has 23 heavy (non-hydrogen) atoms. The van der Waals surface area contributed by atoms with Crippen LogP contribution in [0.1, 0.15) is 18.4 Å². The van der Waals surface area contributed by atoms with Gasteiger partial charge in [0.1, 0.15) is 5.75 Å². The van der Waals surface area contributed by atoms with Gasteiger partial charge in [0.25, 0.3) is 0 Å². The number of aromatic nitrogens is 2. The molecule has 0 aliphatic heterocycles. The summed E-state index contributed by atoms with van der Waals surface area (Å²) in [4.78, 5) is 8.71. The van der Waals surface area contributed by atoms with Gasteiger partial charge in [0, 0.05) is 24.2 Å². The summed E-state index contributed by atoms with van der Waals surface area (Å²) in [5.41, 5.74) is 1.24. The number of nitrogens with zero attached hydrogens (tertiary/aromatic N) is 2. The minimum Gasteiger partial charge on any atom is -0.438 e. The molecule has 1 N–H and O–H groups in total. The summed E-state index contributed by atoms with van der Waals surface area (Å²) in [6, 6.07) is 14.1. The first-order valence-electron chi connectivity index (χ1n) is 8.03. The van der Waals surface area contributed by atoms with Crippen LogP contribution in [0, 0.1) is 12.8 Å². The third-order valence-electron chi connectivity index (χ3n) is 4.19. The van der Waals surface area contributed by atoms with Gasteiger partial charge in [-0.1, -0.05) is 30.3 Å². The average Bonchev–Trinajstić information content (AvgIpc) is 3.41. The summed E-state index contributed by atoms with van der Waals surface area (Å²) in [5.74, 6) is 2.79. The zero-order valence-corrected chi connectivity index (χ0v) is 13.1. The van der Waals surface area contributed by atoms with Crippen molar-refractivity contribution in [3.8, 4) is 11.6 Å². The average molecular weight is 305 g/mol. The molecule has 1 saturated carbocycles. The van der Waals surface area contributed by atoms with Crippen molar-refractivity contribution >= 4 is 16.7 Å². The van der Waals surface area contributed by atoms with E-state index in [1.807, 2.05) is 18.2 Å². The summed E-state index contributed by atoms with van der Waals surface area (Å²) in [7, 11) is 0. The second kappa shape index (κ2) is 5.88. The molecule has 116 valence electrons. The molecule has 1 fully saturated rings. The lowest BCUT2D eigenvalue weighted by molar-refractivity contribution is 0.467. The van der Waals surface area contributed by atoms with Crippen LogP contribution in [0.25, 0.3) is 10.8 Å². The molecule has 0 unspecified atom stereocenters. The number of fused-ring (bicyclic) bond motifs is 1. The van der Waals surface area contributed by atoms with Gasteiger partial charge in [-0.3, -0.25) is 0 Å². The highest BCUT2D eigenvalue weighted by Crippen LogP contribution is 2.31. The number of anilines is 1. The number of ether oxygens (including phenoxy) is 1. The van der Waals surface area contributed by atoms with E-state index >= 15 is 0 Å². The molecule has 0 bridgehead atoms. The highest BCUT2D eigenvalue weighted by molar-refractivity contribution is 5.91. The Labute approximate surface area is 135 Å². The Morgan fingerprint density at radius 3 is 2.74 bits per heavy atom. The summed E-state index contributed by atoms with van der Waals surface area (Å²) >= 11 is 0. The van der Waals surface area contributed by atoms with E-state index in [-0.39, 0.29) is 0 Å². The van der Waals surface area contributed by atoms with Gasteiger partial charge in [-0.2, -0.15) is 4.98 Å². The van der Waals surface area contributed by atoms with Gasteiger partial charge >= 0.3 is 0 Å². The van der Waals surface area contributed by atoms with Crippen molar-refractivity contribution in [2.45, 2.75) is 19.8 Å². The third-order valence-corrected chi connectivity index (χ3v) is 4.19. The van der Waals surface area contributed by atoms with Crippen molar-refractivity contribution in [1.29, 1.82) is 0 Å². The van der Waals surface area contributed by atoms with Crippen molar-refractivity contribution in [3.63, 3.8) is 0 Å². The number of hydrogen-bond acceptors (Lipinski definition) is 4. The molecule has 1 aromatic heterocycles. The molecular formula is C19H19N3O. The van der Waals surface area contributed by atoms with E-state index in [1.165, 1.54) is 23.8 Å². The molecular weight excluding hydrogens is 286 g/mol. The first kappa shape index (κ1) is 14.0. The number of nitrogens with one attached hydrogen (secondary N) is 1. The Bertz CT molecular complexity index is 843. The number of hydrogen-bond donors (Lipinski definition) is 1. The highest BCUT2D eigenvalue weighted by atomic mass is 16.5. The molecule has 4 heteroatoms. The van der Waals surface area contributed by atoms with Gasteiger partial charge in [0.2, 0.25) is 11.8 Å². The van der Waals surface area contributed by atoms with Crippen LogP contribution in [0.3, 0.4) is 0 Å². The number of benzene rings is 2. The van der Waals surface area contributed by atoms with E-state index in [0.29, 0.717) is 11.8 Å². The van der Waals surface area contributed by atoms with E-state index < -0.39 is 0 Å². The lowest BCUT2D eigenvalue weighted by atomic mass is 10.1. The molecule has 3 aromatic rings. The van der Waals surface area contributed by atoms with Crippen LogP contribution >= 0.6 is 0 Å². The van der Waals surface area contributed by atoms with Gasteiger partial charge in [-0.25, -0.2) is 4.98 Å². The highest BCUT2D eigenvalue weighted by Gasteiger charge is 2.21. The molecule has 4 nitrogen and oxygen atoms in total. The van der Waals surface area contributed by atoms with E-state index in [1.54, 1.807) is 12.3 Å². The lowest BCUT2D eigenvalue weighted by Gasteiger charge is -2.11. The predicted molar refractivity (Wildman–Crippen MR) is 92.0 cm³/mol. The molecule has 0 spiro atoms. The molecule has 0 amide bonds. The second-order valence-electron chi connectivity index (χ2n) is 6.07. The summed E-state index contributed by atoms with van der Waals surface area (Å²) in [6.45, 7) is 3.05. The van der Waals surface area contributed by atoms with Crippen LogP contribution in [0.5, 0.6) is 11.6 Å². The number of rotatable bonds is 5. The maximum Gasteiger partial charge on any atom is 0.225 e. The Hall–Kier alpha value is -2.62. The Morgan fingerprint density at radius 1 is 1.09 bits per heavy atom. The smallest absolute Gasteiger partial charge is 0.225 e. The first-order valence-corrected chi connectivity index (χ1v) is 8.03. The monoisotopic (exact) mass is 305 g/mol. The van der Waals surface area contributed by atoms with Gasteiger partial charge < -0.3 is 10.1 Å². The van der Waals surface area contributed by atoms with Crippen molar-refractivity contribution in [2.75, 3.05) is 11.9 Å². The number of aryl methyl sites for hydroxylation is 1. The molecule has 4 rings (SSSR count). The Kier molecular flexibility index (Phi) is 3.58. The first-order chi connectivity index (χ1) is 11.3. The quantitative estimate of drug-likeness (QED) is 0.751. The molecule has 2 aromatic carbocycles.